The largest absolute Gasteiger partial charge is 0.459 e. The van der Waals surface area contributed by atoms with Gasteiger partial charge in [0.1, 0.15) is 12.1 Å². The topological polar surface area (TPSA) is 103 Å². The Morgan fingerprint density at radius 3 is 2.74 bits per heavy atom. The third-order valence-corrected chi connectivity index (χ3v) is 7.76. The molecule has 4 rings (SSSR count). The van der Waals surface area contributed by atoms with Crippen LogP contribution in [0, 0.1) is 5.92 Å². The van der Waals surface area contributed by atoms with Gasteiger partial charge in [-0.15, -0.1) is 0 Å². The van der Waals surface area contributed by atoms with Crippen LogP contribution in [-0.2, 0) is 19.0 Å². The molecular weight excluding hydrogens is 504 g/mol. The van der Waals surface area contributed by atoms with Gasteiger partial charge in [-0.2, -0.15) is 0 Å². The van der Waals surface area contributed by atoms with E-state index < -0.39 is 30.0 Å². The standard InChI is InChI=1S/C29H36N2O6S/c1-20-10-6-3-4-7-11-21(2)16-26(32)35-24-17-23(15-14-20)36-29(18-24,25-19-38-28(34)31-25)37-27(33)30-22-12-8-5-9-13-22/h3-6,8-10,12-13,16,20,23-25H,7,11,14-15,17-19H2,1-2H3,(H,30,33)(H,31,34)/b4-3+,10-6-,21-16-/t20-,23?,24-,25?,29+/m1/s1. The van der Waals surface area contributed by atoms with Crippen molar-refractivity contribution in [2.75, 3.05) is 11.1 Å². The molecule has 2 saturated heterocycles. The van der Waals surface area contributed by atoms with E-state index in [-0.39, 0.29) is 17.8 Å². The van der Waals surface area contributed by atoms with Crippen molar-refractivity contribution in [2.45, 2.75) is 76.4 Å². The van der Waals surface area contributed by atoms with Crippen molar-refractivity contribution in [1.82, 2.24) is 5.32 Å². The SMILES string of the molecule is C/C1=C/C(=O)O[C@@H]2CC(CC[C@H](C)/C=C\C=C\CC1)O[C@@](OC(=O)Nc1ccccc1)(C1CSC(=O)N1)C2. The van der Waals surface area contributed by atoms with Crippen molar-refractivity contribution in [3.63, 3.8) is 0 Å². The van der Waals surface area contributed by atoms with Crippen LogP contribution in [0.3, 0.4) is 0 Å². The average molecular weight is 541 g/mol. The number of ether oxygens (including phenoxy) is 3. The van der Waals surface area contributed by atoms with Crippen LogP contribution in [0.1, 0.15) is 52.4 Å². The summed E-state index contributed by atoms with van der Waals surface area (Å²) >= 11 is 1.12. The number of esters is 1. The molecule has 2 amide bonds. The fraction of sp³-hybridized carbons (Fsp3) is 0.483. The lowest BCUT2D eigenvalue weighted by Crippen LogP contribution is -2.61. The number of nitrogens with one attached hydrogen (secondary N) is 2. The molecule has 38 heavy (non-hydrogen) atoms. The Kier molecular flexibility index (Phi) is 9.69. The Morgan fingerprint density at radius 1 is 1.16 bits per heavy atom. The maximum absolute atomic E-state index is 13.1. The highest BCUT2D eigenvalue weighted by Crippen LogP contribution is 2.40. The summed E-state index contributed by atoms with van der Waals surface area (Å²) < 4.78 is 18.5. The van der Waals surface area contributed by atoms with Gasteiger partial charge in [-0.05, 0) is 50.7 Å². The van der Waals surface area contributed by atoms with Crippen LogP contribution >= 0.6 is 11.8 Å². The molecular formula is C29H36N2O6S. The number of anilines is 1. The number of amides is 2. The predicted octanol–water partition coefficient (Wildman–Crippen LogP) is 6.12. The lowest BCUT2D eigenvalue weighted by atomic mass is 9.90. The van der Waals surface area contributed by atoms with Crippen molar-refractivity contribution in [2.24, 2.45) is 5.92 Å². The van der Waals surface area contributed by atoms with Crippen molar-refractivity contribution < 1.29 is 28.6 Å². The molecule has 0 saturated carbocycles. The number of fused-ring (bicyclic) bond motifs is 2. The normalized spacial score (nSPS) is 33.7. The van der Waals surface area contributed by atoms with E-state index >= 15 is 0 Å². The minimum absolute atomic E-state index is 0.119. The van der Waals surface area contributed by atoms with Crippen molar-refractivity contribution in [1.29, 1.82) is 0 Å². The zero-order valence-corrected chi connectivity index (χ0v) is 22.7. The van der Waals surface area contributed by atoms with Gasteiger partial charge in [0.2, 0.25) is 5.79 Å². The Hall–Kier alpha value is -3.04. The highest BCUT2D eigenvalue weighted by molar-refractivity contribution is 8.14. The van der Waals surface area contributed by atoms with Gasteiger partial charge in [0, 0.05) is 23.9 Å². The maximum atomic E-state index is 13.1. The van der Waals surface area contributed by atoms with Gasteiger partial charge in [0.25, 0.3) is 5.24 Å². The fourth-order valence-corrected chi connectivity index (χ4v) is 5.78. The third-order valence-electron chi connectivity index (χ3n) is 6.88. The monoisotopic (exact) mass is 540 g/mol. The van der Waals surface area contributed by atoms with Crippen LogP contribution in [0.15, 0.2) is 66.3 Å². The molecule has 2 fully saturated rings. The van der Waals surface area contributed by atoms with Gasteiger partial charge in [0.05, 0.1) is 12.5 Å². The van der Waals surface area contributed by atoms with Crippen LogP contribution in [0.4, 0.5) is 15.3 Å². The Bertz CT molecular complexity index is 1090. The summed E-state index contributed by atoms with van der Waals surface area (Å²) in [6.45, 7) is 4.06. The van der Waals surface area contributed by atoms with Crippen molar-refractivity contribution in [3.05, 3.63) is 66.3 Å². The first-order valence-corrected chi connectivity index (χ1v) is 14.2. The van der Waals surface area contributed by atoms with E-state index in [2.05, 4.69) is 35.8 Å². The summed E-state index contributed by atoms with van der Waals surface area (Å²) in [7, 11) is 0. The summed E-state index contributed by atoms with van der Waals surface area (Å²) in [5, 5.41) is 5.42. The quantitative estimate of drug-likeness (QED) is 0.446. The average Bonchev–Trinajstić information content (AvgIpc) is 3.31. The second kappa shape index (κ2) is 13.2. The second-order valence-electron chi connectivity index (χ2n) is 10.1. The zero-order chi connectivity index (χ0) is 27.0. The number of carbonyl (C=O) groups excluding carboxylic acids is 3. The first kappa shape index (κ1) is 28.0. The molecule has 2 N–H and O–H groups in total. The van der Waals surface area contributed by atoms with E-state index in [4.69, 9.17) is 14.2 Å². The summed E-state index contributed by atoms with van der Waals surface area (Å²) in [5.41, 5.74) is 1.50. The Labute approximate surface area is 228 Å². The molecule has 0 aliphatic carbocycles. The van der Waals surface area contributed by atoms with E-state index in [1.54, 1.807) is 12.1 Å². The molecule has 0 aromatic heterocycles. The van der Waals surface area contributed by atoms with E-state index in [0.29, 0.717) is 30.2 Å². The zero-order valence-electron chi connectivity index (χ0n) is 21.9. The molecule has 2 unspecified atom stereocenters. The Morgan fingerprint density at radius 2 is 1.97 bits per heavy atom. The smallest absolute Gasteiger partial charge is 0.414 e. The number of carbonyl (C=O) groups is 3. The molecule has 3 aliphatic heterocycles. The predicted molar refractivity (Wildman–Crippen MR) is 148 cm³/mol. The molecule has 3 aliphatic rings. The van der Waals surface area contributed by atoms with Gasteiger partial charge in [-0.1, -0.05) is 66.8 Å². The molecule has 3 heterocycles. The number of rotatable bonds is 3. The highest BCUT2D eigenvalue weighted by Gasteiger charge is 2.54. The fourth-order valence-electron chi connectivity index (χ4n) is 4.90. The Balaban J connectivity index is 1.61. The molecule has 5 atom stereocenters. The lowest BCUT2D eigenvalue weighted by molar-refractivity contribution is -0.279. The molecule has 0 radical (unpaired) electrons. The van der Waals surface area contributed by atoms with Gasteiger partial charge in [-0.25, -0.2) is 9.59 Å². The third kappa shape index (κ3) is 7.98. The number of benzene rings is 1. The van der Waals surface area contributed by atoms with Gasteiger partial charge >= 0.3 is 12.1 Å². The second-order valence-corrected chi connectivity index (χ2v) is 11.1. The number of allylic oxidation sites excluding steroid dienone is 5. The van der Waals surface area contributed by atoms with Crippen LogP contribution in [0.2, 0.25) is 0 Å². The highest BCUT2D eigenvalue weighted by atomic mass is 32.2. The van der Waals surface area contributed by atoms with Gasteiger partial charge < -0.3 is 19.5 Å². The van der Waals surface area contributed by atoms with Gasteiger partial charge in [0.15, 0.2) is 0 Å². The summed E-state index contributed by atoms with van der Waals surface area (Å²) in [6, 6.07) is 8.38. The molecule has 2 bridgehead atoms. The van der Waals surface area contributed by atoms with Crippen LogP contribution < -0.4 is 10.6 Å². The van der Waals surface area contributed by atoms with E-state index in [9.17, 15) is 14.4 Å². The van der Waals surface area contributed by atoms with E-state index in [1.807, 2.05) is 31.2 Å². The molecule has 0 spiro atoms. The lowest BCUT2D eigenvalue weighted by Gasteiger charge is -2.45. The van der Waals surface area contributed by atoms with Crippen molar-refractivity contribution in [3.8, 4) is 0 Å². The minimum atomic E-state index is -1.49. The van der Waals surface area contributed by atoms with Crippen molar-refractivity contribution >= 4 is 34.8 Å². The van der Waals surface area contributed by atoms with Crippen LogP contribution in [0.25, 0.3) is 0 Å². The van der Waals surface area contributed by atoms with Gasteiger partial charge in [-0.3, -0.25) is 10.1 Å². The number of para-hydroxylation sites is 1. The molecule has 9 heteroatoms. The first-order valence-electron chi connectivity index (χ1n) is 13.2. The summed E-state index contributed by atoms with van der Waals surface area (Å²) in [4.78, 5) is 38.1. The summed E-state index contributed by atoms with van der Waals surface area (Å²) in [6.07, 6.45) is 12.0. The number of thioether (sulfide) groups is 1. The first-order chi connectivity index (χ1) is 18.3. The van der Waals surface area contributed by atoms with Crippen LogP contribution in [-0.4, -0.2) is 47.1 Å². The molecule has 8 nitrogen and oxygen atoms in total. The molecule has 1 aromatic carbocycles. The molecule has 1 aromatic rings. The van der Waals surface area contributed by atoms with E-state index in [0.717, 1.165) is 36.6 Å². The molecule has 204 valence electrons. The maximum Gasteiger partial charge on any atom is 0.414 e. The van der Waals surface area contributed by atoms with Crippen LogP contribution in [0.5, 0.6) is 0 Å². The summed E-state index contributed by atoms with van der Waals surface area (Å²) in [5.74, 6) is -1.24. The number of hydrogen-bond donors (Lipinski definition) is 2. The minimum Gasteiger partial charge on any atom is -0.459 e. The number of hydrogen-bond acceptors (Lipinski definition) is 7. The van der Waals surface area contributed by atoms with E-state index in [1.165, 1.54) is 6.08 Å².